The summed E-state index contributed by atoms with van der Waals surface area (Å²) in [6, 6.07) is 3.97. The van der Waals surface area contributed by atoms with Crippen LogP contribution in [0.25, 0.3) is 0 Å². The van der Waals surface area contributed by atoms with E-state index in [-0.39, 0.29) is 23.9 Å². The summed E-state index contributed by atoms with van der Waals surface area (Å²) >= 11 is 5.85. The van der Waals surface area contributed by atoms with Gasteiger partial charge < -0.3 is 5.73 Å². The minimum atomic E-state index is -1.50. The number of alkyl halides is 1. The Labute approximate surface area is 99.6 Å². The molecule has 0 spiro atoms. The fourth-order valence-electron chi connectivity index (χ4n) is 1.49. The summed E-state index contributed by atoms with van der Waals surface area (Å²) in [7, 11) is 0. The smallest absolute Gasteiger partial charge is 0.129 e. The molecule has 90 valence electrons. The minimum Gasteiger partial charge on any atom is -0.328 e. The lowest BCUT2D eigenvalue weighted by molar-refractivity contribution is 0.110. The zero-order valence-corrected chi connectivity index (χ0v) is 10.2. The molecule has 0 saturated heterocycles. The zero-order valence-electron chi connectivity index (χ0n) is 9.43. The molecule has 1 unspecified atom stereocenters. The van der Waals surface area contributed by atoms with Gasteiger partial charge in [0.2, 0.25) is 0 Å². The van der Waals surface area contributed by atoms with Gasteiger partial charge in [-0.15, -0.1) is 0 Å². The Kier molecular flexibility index (Phi) is 4.28. The van der Waals surface area contributed by atoms with Crippen LogP contribution in [0.1, 0.15) is 19.4 Å². The summed E-state index contributed by atoms with van der Waals surface area (Å²) in [6.45, 7) is 3.47. The van der Waals surface area contributed by atoms with Crippen molar-refractivity contribution in [3.05, 3.63) is 34.6 Å². The molecule has 0 aliphatic carbocycles. The Morgan fingerprint density at radius 3 is 2.50 bits per heavy atom. The van der Waals surface area contributed by atoms with Gasteiger partial charge in [-0.3, -0.25) is 0 Å². The van der Waals surface area contributed by atoms with Crippen LogP contribution < -0.4 is 5.73 Å². The van der Waals surface area contributed by atoms with E-state index >= 15 is 0 Å². The molecule has 0 radical (unpaired) electrons. The highest BCUT2D eigenvalue weighted by Gasteiger charge is 2.32. The SMILES string of the molecule is CC(C)C(F)(CN)Cc1ccc(F)cc1Cl. The van der Waals surface area contributed by atoms with Gasteiger partial charge in [0, 0.05) is 18.0 Å². The van der Waals surface area contributed by atoms with Crippen LogP contribution in [0.3, 0.4) is 0 Å². The van der Waals surface area contributed by atoms with E-state index in [1.807, 2.05) is 0 Å². The van der Waals surface area contributed by atoms with E-state index in [0.717, 1.165) is 0 Å². The van der Waals surface area contributed by atoms with Crippen molar-refractivity contribution in [3.8, 4) is 0 Å². The molecule has 4 heteroatoms. The molecule has 0 aliphatic rings. The molecule has 1 aromatic rings. The number of hydrogen-bond donors (Lipinski definition) is 1. The summed E-state index contributed by atoms with van der Waals surface area (Å²) in [5.74, 6) is -0.630. The molecule has 16 heavy (non-hydrogen) atoms. The Morgan fingerprint density at radius 1 is 1.44 bits per heavy atom. The fraction of sp³-hybridized carbons (Fsp3) is 0.500. The van der Waals surface area contributed by atoms with E-state index in [1.54, 1.807) is 13.8 Å². The first kappa shape index (κ1) is 13.4. The normalized spacial score (nSPS) is 15.2. The van der Waals surface area contributed by atoms with Crippen LogP contribution in [-0.2, 0) is 6.42 Å². The summed E-state index contributed by atoms with van der Waals surface area (Å²) in [6.07, 6.45) is 0.111. The quantitative estimate of drug-likeness (QED) is 0.868. The van der Waals surface area contributed by atoms with E-state index in [2.05, 4.69) is 0 Å². The first-order valence-electron chi connectivity index (χ1n) is 5.22. The van der Waals surface area contributed by atoms with Crippen LogP contribution in [0.5, 0.6) is 0 Å². The van der Waals surface area contributed by atoms with Crippen LogP contribution in [0.15, 0.2) is 18.2 Å². The average molecular weight is 248 g/mol. The van der Waals surface area contributed by atoms with Crippen molar-refractivity contribution in [1.82, 2.24) is 0 Å². The number of rotatable bonds is 4. The van der Waals surface area contributed by atoms with E-state index in [4.69, 9.17) is 17.3 Å². The molecule has 1 aromatic carbocycles. The molecule has 1 nitrogen and oxygen atoms in total. The largest absolute Gasteiger partial charge is 0.328 e. The Bertz CT molecular complexity index is 368. The first-order chi connectivity index (χ1) is 7.39. The molecule has 0 fully saturated rings. The summed E-state index contributed by atoms with van der Waals surface area (Å²) < 4.78 is 27.2. The van der Waals surface area contributed by atoms with Crippen LogP contribution in [0.2, 0.25) is 5.02 Å². The van der Waals surface area contributed by atoms with Crippen molar-refractivity contribution in [2.75, 3.05) is 6.54 Å². The number of benzene rings is 1. The summed E-state index contributed by atoms with van der Waals surface area (Å²) in [5.41, 5.74) is 4.53. The van der Waals surface area contributed by atoms with Gasteiger partial charge in [0.15, 0.2) is 0 Å². The number of halogens is 3. The van der Waals surface area contributed by atoms with Crippen molar-refractivity contribution in [2.45, 2.75) is 25.9 Å². The third-order valence-electron chi connectivity index (χ3n) is 2.87. The lowest BCUT2D eigenvalue weighted by atomic mass is 9.86. The maximum Gasteiger partial charge on any atom is 0.129 e. The Morgan fingerprint density at radius 2 is 2.06 bits per heavy atom. The van der Waals surface area contributed by atoms with Crippen molar-refractivity contribution in [1.29, 1.82) is 0 Å². The number of nitrogens with two attached hydrogens (primary N) is 1. The second-order valence-electron chi connectivity index (χ2n) is 4.31. The second-order valence-corrected chi connectivity index (χ2v) is 4.71. The van der Waals surface area contributed by atoms with Crippen molar-refractivity contribution in [2.24, 2.45) is 11.7 Å². The molecule has 0 aromatic heterocycles. The summed E-state index contributed by atoms with van der Waals surface area (Å²) in [4.78, 5) is 0. The highest BCUT2D eigenvalue weighted by Crippen LogP contribution is 2.29. The van der Waals surface area contributed by atoms with Crippen LogP contribution in [-0.4, -0.2) is 12.2 Å². The molecule has 0 aliphatic heterocycles. The van der Waals surface area contributed by atoms with Crippen LogP contribution in [0, 0.1) is 11.7 Å². The third-order valence-corrected chi connectivity index (χ3v) is 3.23. The van der Waals surface area contributed by atoms with Gasteiger partial charge in [-0.05, 0) is 23.6 Å². The van der Waals surface area contributed by atoms with Gasteiger partial charge in [0.05, 0.1) is 0 Å². The van der Waals surface area contributed by atoms with Crippen molar-refractivity contribution in [3.63, 3.8) is 0 Å². The first-order valence-corrected chi connectivity index (χ1v) is 5.60. The third kappa shape index (κ3) is 2.92. The lowest BCUT2D eigenvalue weighted by Crippen LogP contribution is -2.40. The maximum atomic E-state index is 14.3. The Hall–Kier alpha value is -0.670. The topological polar surface area (TPSA) is 26.0 Å². The van der Waals surface area contributed by atoms with E-state index in [9.17, 15) is 8.78 Å². The summed E-state index contributed by atoms with van der Waals surface area (Å²) in [5, 5.41) is 0.246. The van der Waals surface area contributed by atoms with Crippen LogP contribution in [0.4, 0.5) is 8.78 Å². The van der Waals surface area contributed by atoms with Gasteiger partial charge in [-0.1, -0.05) is 31.5 Å². The van der Waals surface area contributed by atoms with Gasteiger partial charge in [0.1, 0.15) is 11.5 Å². The molecule has 2 N–H and O–H groups in total. The molecule has 1 rings (SSSR count). The molecule has 0 heterocycles. The minimum absolute atomic E-state index is 0.0711. The number of hydrogen-bond acceptors (Lipinski definition) is 1. The fourth-order valence-corrected chi connectivity index (χ4v) is 1.73. The monoisotopic (exact) mass is 247 g/mol. The standard InChI is InChI=1S/C12H16ClF2N/c1-8(2)12(15,7-16)6-9-3-4-10(14)5-11(9)13/h3-5,8H,6-7,16H2,1-2H3. The molecular formula is C12H16ClF2N. The second kappa shape index (κ2) is 5.11. The van der Waals surface area contributed by atoms with Crippen molar-refractivity contribution >= 4 is 11.6 Å². The molecule has 0 saturated carbocycles. The molecule has 0 bridgehead atoms. The predicted octanol–water partition coefficient (Wildman–Crippen LogP) is 3.34. The lowest BCUT2D eigenvalue weighted by Gasteiger charge is -2.28. The molecular weight excluding hydrogens is 232 g/mol. The van der Waals surface area contributed by atoms with Gasteiger partial charge in [-0.2, -0.15) is 0 Å². The van der Waals surface area contributed by atoms with Crippen LogP contribution >= 0.6 is 11.6 Å². The average Bonchev–Trinajstić information content (AvgIpc) is 2.22. The van der Waals surface area contributed by atoms with E-state index in [1.165, 1.54) is 18.2 Å². The predicted molar refractivity (Wildman–Crippen MR) is 62.8 cm³/mol. The van der Waals surface area contributed by atoms with Gasteiger partial charge >= 0.3 is 0 Å². The van der Waals surface area contributed by atoms with Gasteiger partial charge in [0.25, 0.3) is 0 Å². The van der Waals surface area contributed by atoms with E-state index in [0.29, 0.717) is 5.56 Å². The molecule has 1 atom stereocenters. The van der Waals surface area contributed by atoms with Gasteiger partial charge in [-0.25, -0.2) is 8.78 Å². The highest BCUT2D eigenvalue weighted by molar-refractivity contribution is 6.31. The zero-order chi connectivity index (χ0) is 12.3. The van der Waals surface area contributed by atoms with Crippen molar-refractivity contribution < 1.29 is 8.78 Å². The van der Waals surface area contributed by atoms with E-state index < -0.39 is 11.5 Å². The maximum absolute atomic E-state index is 14.3. The molecule has 0 amide bonds. The Balaban J connectivity index is 2.95. The highest BCUT2D eigenvalue weighted by atomic mass is 35.5.